The first kappa shape index (κ1) is 11.0. The summed E-state index contributed by atoms with van der Waals surface area (Å²) >= 11 is 0. The Morgan fingerprint density at radius 1 is 1.21 bits per heavy atom. The summed E-state index contributed by atoms with van der Waals surface area (Å²) in [6, 6.07) is 9.51. The van der Waals surface area contributed by atoms with Gasteiger partial charge in [-0.2, -0.15) is 0 Å². The summed E-state index contributed by atoms with van der Waals surface area (Å²) in [6.45, 7) is 0.439. The lowest BCUT2D eigenvalue weighted by Gasteiger charge is -2.16. The van der Waals surface area contributed by atoms with Crippen LogP contribution in [0.25, 0.3) is 0 Å². The van der Waals surface area contributed by atoms with Crippen molar-refractivity contribution in [1.29, 1.82) is 0 Å². The highest BCUT2D eigenvalue weighted by Crippen LogP contribution is 2.13. The van der Waals surface area contributed by atoms with Crippen LogP contribution in [-0.4, -0.2) is 19.3 Å². The van der Waals surface area contributed by atoms with Gasteiger partial charge in [0.25, 0.3) is 0 Å². The van der Waals surface area contributed by atoms with Crippen molar-refractivity contribution in [2.24, 2.45) is 5.73 Å². The third-order valence-electron chi connectivity index (χ3n) is 1.97. The van der Waals surface area contributed by atoms with Crippen molar-refractivity contribution < 1.29 is 9.84 Å². The Morgan fingerprint density at radius 3 is 2.50 bits per heavy atom. The summed E-state index contributed by atoms with van der Waals surface area (Å²) in [5, 5.41) is 10.5. The van der Waals surface area contributed by atoms with Crippen molar-refractivity contribution in [3.8, 4) is 5.75 Å². The number of benzene rings is 1. The molecule has 0 aliphatic rings. The molecule has 77 valence electrons. The minimum atomic E-state index is -0.114. The van der Waals surface area contributed by atoms with Crippen LogP contribution in [0.3, 0.4) is 0 Å². The summed E-state index contributed by atoms with van der Waals surface area (Å²) in [6.07, 6.45) is 1.21. The monoisotopic (exact) mass is 194 g/mol. The van der Waals surface area contributed by atoms with Crippen LogP contribution >= 0.6 is 0 Å². The number of hydrogen-bond acceptors (Lipinski definition) is 2. The van der Waals surface area contributed by atoms with Gasteiger partial charge in [0.15, 0.2) is 0 Å². The summed E-state index contributed by atoms with van der Waals surface area (Å²) < 4.78 is 5.62. The summed E-state index contributed by atoms with van der Waals surface area (Å²) in [5.41, 5.74) is 5.43. The first-order valence-electron chi connectivity index (χ1n) is 4.86. The second-order valence-corrected chi connectivity index (χ2v) is 3.12. The molecule has 1 aromatic rings. The maximum absolute atomic E-state index is 10.5. The highest BCUT2D eigenvalue weighted by molar-refractivity contribution is 5.21. The molecular weight excluding hydrogens is 178 g/mol. The predicted molar refractivity (Wildman–Crippen MR) is 54.7 cm³/mol. The van der Waals surface area contributed by atoms with Crippen molar-refractivity contribution in [2.45, 2.75) is 18.9 Å². The van der Waals surface area contributed by atoms with Crippen molar-refractivity contribution in [3.63, 3.8) is 0 Å². The highest BCUT2D eigenvalue weighted by atomic mass is 16.5. The molecule has 0 saturated carbocycles. The first-order chi connectivity index (χ1) is 6.86. The Hall–Kier alpha value is -1.06. The molecule has 0 heterocycles. The molecule has 1 atom stereocenters. The molecule has 0 bridgehead atoms. The van der Waals surface area contributed by atoms with E-state index in [-0.39, 0.29) is 12.7 Å². The molecule has 0 saturated heterocycles. The quantitative estimate of drug-likeness (QED) is 0.747. The second kappa shape index (κ2) is 6.40. The van der Waals surface area contributed by atoms with Gasteiger partial charge in [-0.1, -0.05) is 18.2 Å². The number of ether oxygens (including phenoxy) is 1. The Labute approximate surface area is 84.5 Å². The molecule has 0 fully saturated rings. The van der Waals surface area contributed by atoms with Gasteiger partial charge in [-0.15, -0.1) is 0 Å². The SMILES string of the molecule is NCCC(CC[O])Oc1ccccc1. The third kappa shape index (κ3) is 3.77. The molecule has 0 spiro atoms. The number of para-hydroxylation sites is 1. The van der Waals surface area contributed by atoms with Crippen molar-refractivity contribution in [1.82, 2.24) is 0 Å². The first-order valence-corrected chi connectivity index (χ1v) is 4.86. The van der Waals surface area contributed by atoms with Crippen LogP contribution in [0.5, 0.6) is 5.75 Å². The normalized spacial score (nSPS) is 12.4. The minimum absolute atomic E-state index is 0.0418. The molecule has 0 aliphatic carbocycles. The molecule has 1 unspecified atom stereocenters. The van der Waals surface area contributed by atoms with Crippen molar-refractivity contribution in [3.05, 3.63) is 30.3 Å². The van der Waals surface area contributed by atoms with Crippen molar-refractivity contribution in [2.75, 3.05) is 13.2 Å². The van der Waals surface area contributed by atoms with Gasteiger partial charge in [0.1, 0.15) is 11.9 Å². The summed E-state index contributed by atoms with van der Waals surface area (Å²) in [4.78, 5) is 0. The van der Waals surface area contributed by atoms with E-state index in [0.29, 0.717) is 13.0 Å². The molecule has 3 heteroatoms. The van der Waals surface area contributed by atoms with Crippen LogP contribution in [0.15, 0.2) is 30.3 Å². The van der Waals surface area contributed by atoms with E-state index in [1.165, 1.54) is 0 Å². The molecule has 0 amide bonds. The van der Waals surface area contributed by atoms with E-state index in [0.717, 1.165) is 12.2 Å². The standard InChI is InChI=1S/C11H16NO2/c12-8-6-11(7-9-13)14-10-4-2-1-3-5-10/h1-5,11H,6-9,12H2. The van der Waals surface area contributed by atoms with Crippen LogP contribution in [0.1, 0.15) is 12.8 Å². The Morgan fingerprint density at radius 2 is 1.93 bits per heavy atom. The van der Waals surface area contributed by atoms with E-state index in [2.05, 4.69) is 0 Å². The second-order valence-electron chi connectivity index (χ2n) is 3.12. The topological polar surface area (TPSA) is 55.2 Å². The van der Waals surface area contributed by atoms with E-state index in [4.69, 9.17) is 10.5 Å². The van der Waals surface area contributed by atoms with Gasteiger partial charge in [-0.05, 0) is 25.1 Å². The lowest BCUT2D eigenvalue weighted by molar-refractivity contribution is 0.115. The molecule has 0 aromatic heterocycles. The fourth-order valence-electron chi connectivity index (χ4n) is 1.27. The number of rotatable bonds is 6. The Balaban J connectivity index is 2.46. The molecule has 2 N–H and O–H groups in total. The zero-order chi connectivity index (χ0) is 10.2. The largest absolute Gasteiger partial charge is 0.490 e. The highest BCUT2D eigenvalue weighted by Gasteiger charge is 2.08. The maximum Gasteiger partial charge on any atom is 0.119 e. The van der Waals surface area contributed by atoms with E-state index < -0.39 is 0 Å². The van der Waals surface area contributed by atoms with Gasteiger partial charge in [-0.3, -0.25) is 0 Å². The van der Waals surface area contributed by atoms with E-state index in [1.54, 1.807) is 0 Å². The van der Waals surface area contributed by atoms with Gasteiger partial charge >= 0.3 is 0 Å². The van der Waals surface area contributed by atoms with Crippen LogP contribution < -0.4 is 10.5 Å². The van der Waals surface area contributed by atoms with Gasteiger partial charge in [0.2, 0.25) is 0 Å². The fourth-order valence-corrected chi connectivity index (χ4v) is 1.27. The van der Waals surface area contributed by atoms with E-state index >= 15 is 0 Å². The zero-order valence-electron chi connectivity index (χ0n) is 8.19. The van der Waals surface area contributed by atoms with Gasteiger partial charge < -0.3 is 10.5 Å². The van der Waals surface area contributed by atoms with E-state index in [9.17, 15) is 5.11 Å². The fraction of sp³-hybridized carbons (Fsp3) is 0.455. The maximum atomic E-state index is 10.5. The average molecular weight is 194 g/mol. The Kier molecular flexibility index (Phi) is 5.04. The lowest BCUT2D eigenvalue weighted by Crippen LogP contribution is -2.21. The van der Waals surface area contributed by atoms with Crippen LogP contribution in [0.4, 0.5) is 0 Å². The van der Waals surface area contributed by atoms with Crippen LogP contribution in [0, 0.1) is 0 Å². The molecular formula is C11H16NO2. The zero-order valence-corrected chi connectivity index (χ0v) is 8.19. The number of hydrogen-bond donors (Lipinski definition) is 1. The minimum Gasteiger partial charge on any atom is -0.490 e. The van der Waals surface area contributed by atoms with E-state index in [1.807, 2.05) is 30.3 Å². The average Bonchev–Trinajstić information content (AvgIpc) is 2.20. The third-order valence-corrected chi connectivity index (χ3v) is 1.97. The molecule has 1 rings (SSSR count). The summed E-state index contributed by atoms with van der Waals surface area (Å²) in [5.74, 6) is 0.805. The predicted octanol–water partition coefficient (Wildman–Crippen LogP) is 1.60. The van der Waals surface area contributed by atoms with Gasteiger partial charge in [0, 0.05) is 6.42 Å². The number of nitrogens with two attached hydrogens (primary N) is 1. The van der Waals surface area contributed by atoms with Gasteiger partial charge in [0.05, 0.1) is 6.61 Å². The molecule has 14 heavy (non-hydrogen) atoms. The smallest absolute Gasteiger partial charge is 0.119 e. The van der Waals surface area contributed by atoms with Crippen LogP contribution in [-0.2, 0) is 5.11 Å². The molecule has 0 aliphatic heterocycles. The van der Waals surface area contributed by atoms with Crippen molar-refractivity contribution >= 4 is 0 Å². The Bertz CT molecular complexity index is 232. The molecule has 3 nitrogen and oxygen atoms in total. The summed E-state index contributed by atoms with van der Waals surface area (Å²) in [7, 11) is 0. The molecule has 1 aromatic carbocycles. The lowest BCUT2D eigenvalue weighted by atomic mass is 10.2. The van der Waals surface area contributed by atoms with Gasteiger partial charge in [-0.25, -0.2) is 5.11 Å². The molecule has 1 radical (unpaired) electrons. The van der Waals surface area contributed by atoms with Crippen LogP contribution in [0.2, 0.25) is 0 Å².